The molecule has 1 fully saturated rings. The van der Waals surface area contributed by atoms with Crippen molar-refractivity contribution in [1.82, 2.24) is 0 Å². The molecule has 110 valence electrons. The van der Waals surface area contributed by atoms with E-state index in [1.807, 2.05) is 0 Å². The Bertz CT molecular complexity index is 707. The highest BCUT2D eigenvalue weighted by Crippen LogP contribution is 2.36. The standard InChI is InChI=1S/C16H16O5/c1-9-13(8-17)21-15-12(20-10-4-2-3-5-10)7-6-11(14(9)15)16(18)19/h6-8,10H,2-5H2,1H3,(H,18,19). The number of furan rings is 1. The van der Waals surface area contributed by atoms with Gasteiger partial charge in [0, 0.05) is 10.9 Å². The predicted octanol–water partition coefficient (Wildman–Crippen LogP) is 3.57. The number of rotatable bonds is 4. The summed E-state index contributed by atoms with van der Waals surface area (Å²) in [6.45, 7) is 1.68. The maximum absolute atomic E-state index is 11.3. The number of carboxylic acids is 1. The van der Waals surface area contributed by atoms with E-state index in [0.29, 0.717) is 28.6 Å². The van der Waals surface area contributed by atoms with Gasteiger partial charge >= 0.3 is 5.97 Å². The lowest BCUT2D eigenvalue weighted by atomic mass is 10.1. The second-order valence-electron chi connectivity index (χ2n) is 5.35. The summed E-state index contributed by atoms with van der Waals surface area (Å²) < 4.78 is 11.5. The number of hydrogen-bond acceptors (Lipinski definition) is 4. The largest absolute Gasteiger partial charge is 0.486 e. The molecule has 1 aromatic heterocycles. The van der Waals surface area contributed by atoms with E-state index in [2.05, 4.69) is 0 Å². The summed E-state index contributed by atoms with van der Waals surface area (Å²) in [6, 6.07) is 3.12. The summed E-state index contributed by atoms with van der Waals surface area (Å²) >= 11 is 0. The van der Waals surface area contributed by atoms with Gasteiger partial charge < -0.3 is 14.3 Å². The van der Waals surface area contributed by atoms with E-state index in [-0.39, 0.29) is 17.4 Å². The zero-order valence-corrected chi connectivity index (χ0v) is 11.7. The van der Waals surface area contributed by atoms with Gasteiger partial charge in [-0.2, -0.15) is 0 Å². The summed E-state index contributed by atoms with van der Waals surface area (Å²) in [5, 5.41) is 9.74. The van der Waals surface area contributed by atoms with Gasteiger partial charge in [0.2, 0.25) is 0 Å². The molecule has 5 heteroatoms. The monoisotopic (exact) mass is 288 g/mol. The van der Waals surface area contributed by atoms with Crippen LogP contribution in [-0.4, -0.2) is 23.5 Å². The van der Waals surface area contributed by atoms with E-state index in [9.17, 15) is 14.7 Å². The van der Waals surface area contributed by atoms with E-state index in [1.54, 1.807) is 13.0 Å². The third-order valence-electron chi connectivity index (χ3n) is 4.01. The quantitative estimate of drug-likeness (QED) is 0.870. The Morgan fingerprint density at radius 3 is 2.71 bits per heavy atom. The highest BCUT2D eigenvalue weighted by atomic mass is 16.5. The minimum absolute atomic E-state index is 0.123. The van der Waals surface area contributed by atoms with Crippen molar-refractivity contribution < 1.29 is 23.8 Å². The molecule has 1 aromatic carbocycles. The molecule has 0 unspecified atom stereocenters. The Balaban J connectivity index is 2.15. The van der Waals surface area contributed by atoms with E-state index >= 15 is 0 Å². The molecular formula is C16H16O5. The number of carbonyl (C=O) groups is 2. The fourth-order valence-corrected chi connectivity index (χ4v) is 2.92. The topological polar surface area (TPSA) is 76.7 Å². The van der Waals surface area contributed by atoms with Crippen LogP contribution in [0.1, 0.15) is 52.2 Å². The summed E-state index contributed by atoms with van der Waals surface area (Å²) in [5.74, 6) is -0.387. The van der Waals surface area contributed by atoms with Gasteiger partial charge in [-0.15, -0.1) is 0 Å². The lowest BCUT2D eigenvalue weighted by molar-refractivity contribution is 0.0698. The molecule has 0 spiro atoms. The van der Waals surface area contributed by atoms with E-state index < -0.39 is 5.97 Å². The minimum atomic E-state index is -1.05. The first-order valence-corrected chi connectivity index (χ1v) is 7.03. The summed E-state index contributed by atoms with van der Waals surface area (Å²) in [4.78, 5) is 22.4. The Morgan fingerprint density at radius 1 is 1.38 bits per heavy atom. The van der Waals surface area contributed by atoms with Crippen molar-refractivity contribution in [3.63, 3.8) is 0 Å². The van der Waals surface area contributed by atoms with Gasteiger partial charge in [0.1, 0.15) is 0 Å². The van der Waals surface area contributed by atoms with Gasteiger partial charge in [-0.05, 0) is 44.7 Å². The van der Waals surface area contributed by atoms with E-state index in [4.69, 9.17) is 9.15 Å². The van der Waals surface area contributed by atoms with Crippen LogP contribution in [0.15, 0.2) is 16.5 Å². The first kappa shape index (κ1) is 13.7. The Hall–Kier alpha value is -2.30. The molecule has 0 saturated heterocycles. The average Bonchev–Trinajstić information content (AvgIpc) is 3.07. The van der Waals surface area contributed by atoms with Gasteiger partial charge in [-0.3, -0.25) is 4.79 Å². The molecule has 0 bridgehead atoms. The molecule has 5 nitrogen and oxygen atoms in total. The second-order valence-corrected chi connectivity index (χ2v) is 5.35. The molecule has 0 atom stereocenters. The zero-order chi connectivity index (χ0) is 15.0. The Morgan fingerprint density at radius 2 is 2.10 bits per heavy atom. The molecule has 1 heterocycles. The highest BCUT2D eigenvalue weighted by molar-refractivity contribution is 6.07. The molecule has 0 aliphatic heterocycles. The first-order valence-electron chi connectivity index (χ1n) is 7.03. The summed E-state index contributed by atoms with van der Waals surface area (Å²) in [6.07, 6.45) is 4.98. The smallest absolute Gasteiger partial charge is 0.336 e. The van der Waals surface area contributed by atoms with Crippen molar-refractivity contribution in [3.05, 3.63) is 29.0 Å². The highest BCUT2D eigenvalue weighted by Gasteiger charge is 2.23. The lowest BCUT2D eigenvalue weighted by Gasteiger charge is -2.13. The fraction of sp³-hybridized carbons (Fsp3) is 0.375. The van der Waals surface area contributed by atoms with Crippen LogP contribution < -0.4 is 4.74 Å². The predicted molar refractivity (Wildman–Crippen MR) is 76.2 cm³/mol. The molecule has 21 heavy (non-hydrogen) atoms. The number of carbonyl (C=O) groups excluding carboxylic acids is 1. The van der Waals surface area contributed by atoms with Gasteiger partial charge in [0.25, 0.3) is 0 Å². The van der Waals surface area contributed by atoms with Crippen molar-refractivity contribution >= 4 is 23.2 Å². The van der Waals surface area contributed by atoms with Gasteiger partial charge in [0.05, 0.1) is 11.7 Å². The minimum Gasteiger partial charge on any atom is -0.486 e. The number of hydrogen-bond donors (Lipinski definition) is 1. The molecule has 1 aliphatic rings. The Labute approximate surface area is 121 Å². The molecule has 1 saturated carbocycles. The lowest BCUT2D eigenvalue weighted by Crippen LogP contribution is -2.11. The van der Waals surface area contributed by atoms with Crippen LogP contribution in [0.5, 0.6) is 5.75 Å². The van der Waals surface area contributed by atoms with E-state index in [0.717, 1.165) is 25.7 Å². The van der Waals surface area contributed by atoms with Crippen molar-refractivity contribution in [3.8, 4) is 5.75 Å². The van der Waals surface area contributed by atoms with Crippen LogP contribution in [0.4, 0.5) is 0 Å². The average molecular weight is 288 g/mol. The van der Waals surface area contributed by atoms with Gasteiger partial charge in [-0.1, -0.05) is 0 Å². The number of benzene rings is 1. The third-order valence-corrected chi connectivity index (χ3v) is 4.01. The Kier molecular flexibility index (Phi) is 3.41. The van der Waals surface area contributed by atoms with Gasteiger partial charge in [-0.25, -0.2) is 4.79 Å². The number of aromatic carboxylic acids is 1. The number of aryl methyl sites for hydroxylation is 1. The second kappa shape index (κ2) is 5.24. The number of fused-ring (bicyclic) bond motifs is 1. The number of aldehydes is 1. The van der Waals surface area contributed by atoms with Crippen molar-refractivity contribution in [2.24, 2.45) is 0 Å². The molecule has 2 aromatic rings. The number of ether oxygens (including phenoxy) is 1. The molecule has 0 radical (unpaired) electrons. The maximum Gasteiger partial charge on any atom is 0.336 e. The van der Waals surface area contributed by atoms with Crippen LogP contribution in [0.3, 0.4) is 0 Å². The first-order chi connectivity index (χ1) is 10.1. The number of carboxylic acid groups (broad SMARTS) is 1. The fourth-order valence-electron chi connectivity index (χ4n) is 2.92. The van der Waals surface area contributed by atoms with Crippen molar-refractivity contribution in [2.75, 3.05) is 0 Å². The molecule has 0 amide bonds. The zero-order valence-electron chi connectivity index (χ0n) is 11.7. The van der Waals surface area contributed by atoms with Gasteiger partial charge in [0.15, 0.2) is 23.4 Å². The molecule has 3 rings (SSSR count). The molecule has 1 aliphatic carbocycles. The van der Waals surface area contributed by atoms with E-state index in [1.165, 1.54) is 6.07 Å². The van der Waals surface area contributed by atoms with Crippen LogP contribution >= 0.6 is 0 Å². The summed E-state index contributed by atoms with van der Waals surface area (Å²) in [5.41, 5.74) is 1.01. The normalized spacial score (nSPS) is 15.5. The van der Waals surface area contributed by atoms with Crippen molar-refractivity contribution in [1.29, 1.82) is 0 Å². The maximum atomic E-state index is 11.3. The summed E-state index contributed by atoms with van der Waals surface area (Å²) in [7, 11) is 0. The van der Waals surface area contributed by atoms with Crippen LogP contribution in [-0.2, 0) is 0 Å². The van der Waals surface area contributed by atoms with Crippen LogP contribution in [0, 0.1) is 6.92 Å². The van der Waals surface area contributed by atoms with Crippen LogP contribution in [0.2, 0.25) is 0 Å². The van der Waals surface area contributed by atoms with Crippen LogP contribution in [0.25, 0.3) is 11.0 Å². The SMILES string of the molecule is Cc1c(C=O)oc2c(OC3CCCC3)ccc(C(=O)O)c12. The third kappa shape index (κ3) is 2.28. The molecule has 1 N–H and O–H groups in total. The van der Waals surface area contributed by atoms with Crippen molar-refractivity contribution in [2.45, 2.75) is 38.7 Å². The molecular weight excluding hydrogens is 272 g/mol.